The maximum Gasteiger partial charge on any atom is 0.244 e. The number of amides is 2. The van der Waals surface area contributed by atoms with E-state index in [2.05, 4.69) is 17.4 Å². The van der Waals surface area contributed by atoms with E-state index in [1.54, 1.807) is 4.90 Å². The highest BCUT2D eigenvalue weighted by molar-refractivity contribution is 7.92. The number of hydrogen-bond donors (Lipinski definition) is 1. The number of carbonyl (C=O) groups is 2. The van der Waals surface area contributed by atoms with Crippen molar-refractivity contribution in [1.29, 1.82) is 0 Å². The Morgan fingerprint density at radius 1 is 0.930 bits per heavy atom. The topological polar surface area (TPSA) is 86.8 Å². The van der Waals surface area contributed by atoms with Crippen molar-refractivity contribution in [3.05, 3.63) is 65.2 Å². The Balaban J connectivity index is 1.41. The second-order valence-electron chi connectivity index (χ2n) is 13.7. The average molecular weight is 608 g/mol. The molecule has 0 aromatic heterocycles. The van der Waals surface area contributed by atoms with Crippen LogP contribution in [0.4, 0.5) is 5.69 Å². The van der Waals surface area contributed by atoms with Gasteiger partial charge in [-0.05, 0) is 117 Å². The van der Waals surface area contributed by atoms with Gasteiger partial charge < -0.3 is 10.2 Å². The molecule has 4 aliphatic rings. The van der Waals surface area contributed by atoms with E-state index in [1.807, 2.05) is 64.1 Å². The van der Waals surface area contributed by atoms with Crippen molar-refractivity contribution < 1.29 is 18.0 Å². The minimum Gasteiger partial charge on any atom is -0.352 e. The van der Waals surface area contributed by atoms with Crippen LogP contribution in [0.2, 0.25) is 0 Å². The number of nitrogens with zero attached hydrogens (tertiary/aromatic N) is 2. The summed E-state index contributed by atoms with van der Waals surface area (Å²) in [7, 11) is -3.78. The Labute approximate surface area is 258 Å². The van der Waals surface area contributed by atoms with Gasteiger partial charge in [-0.1, -0.05) is 50.2 Å². The monoisotopic (exact) mass is 607 g/mol. The van der Waals surface area contributed by atoms with Crippen molar-refractivity contribution >= 4 is 27.5 Å². The minimum atomic E-state index is -3.78. The lowest BCUT2D eigenvalue weighted by Gasteiger charge is -2.57. The first-order chi connectivity index (χ1) is 20.4. The van der Waals surface area contributed by atoms with Gasteiger partial charge in [-0.2, -0.15) is 0 Å². The summed E-state index contributed by atoms with van der Waals surface area (Å²) in [5, 5.41) is 3.03. The van der Waals surface area contributed by atoms with Crippen LogP contribution in [0.25, 0.3) is 0 Å². The van der Waals surface area contributed by atoms with Crippen LogP contribution in [0.15, 0.2) is 48.5 Å². The normalized spacial score (nSPS) is 25.7. The predicted molar refractivity (Wildman–Crippen MR) is 172 cm³/mol. The number of anilines is 1. The molecule has 0 aliphatic heterocycles. The third kappa shape index (κ3) is 6.79. The summed E-state index contributed by atoms with van der Waals surface area (Å²) in [6.45, 7) is 7.66. The lowest BCUT2D eigenvalue weighted by atomic mass is 9.48. The van der Waals surface area contributed by atoms with E-state index in [0.29, 0.717) is 12.1 Å². The number of rotatable bonds is 12. The molecule has 2 unspecified atom stereocenters. The number of carbonyl (C=O) groups excluding carboxylic acids is 2. The average Bonchev–Trinajstić information content (AvgIpc) is 2.95. The van der Waals surface area contributed by atoms with Crippen molar-refractivity contribution in [2.24, 2.45) is 17.8 Å². The Morgan fingerprint density at radius 2 is 1.51 bits per heavy atom. The van der Waals surface area contributed by atoms with Gasteiger partial charge in [0.05, 0.1) is 11.9 Å². The molecule has 7 nitrogen and oxygen atoms in total. The third-order valence-electron chi connectivity index (χ3n) is 10.5. The van der Waals surface area contributed by atoms with Crippen LogP contribution in [0, 0.1) is 24.7 Å². The molecule has 4 fully saturated rings. The largest absolute Gasteiger partial charge is 0.352 e. The summed E-state index contributed by atoms with van der Waals surface area (Å²) >= 11 is 0. The van der Waals surface area contributed by atoms with Gasteiger partial charge in [0.15, 0.2) is 0 Å². The molecule has 2 aromatic carbocycles. The molecule has 2 atom stereocenters. The van der Waals surface area contributed by atoms with Gasteiger partial charge in [0, 0.05) is 12.6 Å². The minimum absolute atomic E-state index is 0.0306. The van der Waals surface area contributed by atoms with Crippen LogP contribution in [0.1, 0.15) is 88.8 Å². The third-order valence-corrected chi connectivity index (χ3v) is 11.6. The zero-order valence-electron chi connectivity index (χ0n) is 26.5. The highest BCUT2D eigenvalue weighted by Crippen LogP contribution is 2.60. The smallest absolute Gasteiger partial charge is 0.244 e. The molecule has 2 amide bonds. The molecule has 0 radical (unpaired) electrons. The second kappa shape index (κ2) is 12.6. The molecule has 4 aliphatic carbocycles. The molecule has 0 spiro atoms. The van der Waals surface area contributed by atoms with Crippen molar-refractivity contribution in [2.75, 3.05) is 17.1 Å². The Hall–Kier alpha value is -2.87. The number of benzene rings is 2. The van der Waals surface area contributed by atoms with Crippen LogP contribution in [0.3, 0.4) is 0 Å². The zero-order valence-corrected chi connectivity index (χ0v) is 27.3. The molecule has 4 saturated carbocycles. The maximum absolute atomic E-state index is 14.1. The lowest BCUT2D eigenvalue weighted by Crippen LogP contribution is -2.53. The summed E-state index contributed by atoms with van der Waals surface area (Å²) in [5.74, 6) is 1.84. The molecule has 4 bridgehead atoms. The number of hydrogen-bond acceptors (Lipinski definition) is 4. The zero-order chi connectivity index (χ0) is 30.9. The van der Waals surface area contributed by atoms with E-state index in [0.717, 1.165) is 41.6 Å². The molecule has 0 saturated heterocycles. The first kappa shape index (κ1) is 31.6. The van der Waals surface area contributed by atoms with Gasteiger partial charge in [0.1, 0.15) is 12.6 Å². The predicted octanol–water partition coefficient (Wildman–Crippen LogP) is 5.95. The van der Waals surface area contributed by atoms with Crippen molar-refractivity contribution in [3.63, 3.8) is 0 Å². The van der Waals surface area contributed by atoms with E-state index in [9.17, 15) is 18.0 Å². The molecule has 43 heavy (non-hydrogen) atoms. The SMILES string of the molecule is CCC(C)NC(=O)C(CC)N(Cc1ccccc1C)C(=O)CN(c1ccc(C23CC4CC(CC(C4)C2)C3)cc1)S(C)(=O)=O. The molecule has 234 valence electrons. The molecule has 8 heteroatoms. The van der Waals surface area contributed by atoms with Crippen LogP contribution in [-0.2, 0) is 31.6 Å². The van der Waals surface area contributed by atoms with Crippen LogP contribution < -0.4 is 9.62 Å². The van der Waals surface area contributed by atoms with E-state index in [1.165, 1.54) is 48.4 Å². The van der Waals surface area contributed by atoms with Crippen LogP contribution in [-0.4, -0.2) is 50.0 Å². The van der Waals surface area contributed by atoms with Crippen molar-refractivity contribution in [3.8, 4) is 0 Å². The second-order valence-corrected chi connectivity index (χ2v) is 15.6. The maximum atomic E-state index is 14.1. The molecule has 0 heterocycles. The number of aryl methyl sites for hydroxylation is 1. The van der Waals surface area contributed by atoms with Gasteiger partial charge in [-0.25, -0.2) is 8.42 Å². The molecule has 1 N–H and O–H groups in total. The fourth-order valence-corrected chi connectivity index (χ4v) is 9.24. The van der Waals surface area contributed by atoms with Gasteiger partial charge in [0.2, 0.25) is 21.8 Å². The van der Waals surface area contributed by atoms with E-state index >= 15 is 0 Å². The van der Waals surface area contributed by atoms with E-state index < -0.39 is 22.0 Å². The first-order valence-corrected chi connectivity index (χ1v) is 18.0. The quantitative estimate of drug-likeness (QED) is 0.323. The van der Waals surface area contributed by atoms with E-state index in [-0.39, 0.29) is 30.5 Å². The summed E-state index contributed by atoms with van der Waals surface area (Å²) in [4.78, 5) is 29.0. The fraction of sp³-hybridized carbons (Fsp3) is 0.600. The van der Waals surface area contributed by atoms with Crippen LogP contribution in [0.5, 0.6) is 0 Å². The van der Waals surface area contributed by atoms with Crippen LogP contribution >= 0.6 is 0 Å². The molecular weight excluding hydrogens is 558 g/mol. The number of nitrogens with one attached hydrogen (secondary N) is 1. The van der Waals surface area contributed by atoms with Gasteiger partial charge >= 0.3 is 0 Å². The Bertz CT molecular complexity index is 1390. The summed E-state index contributed by atoms with van der Waals surface area (Å²) < 4.78 is 27.5. The lowest BCUT2D eigenvalue weighted by molar-refractivity contribution is -0.140. The highest BCUT2D eigenvalue weighted by Gasteiger charge is 2.51. The standard InChI is InChI=1S/C35H49N3O4S/c1-6-25(4)36-34(40)32(7-2)37(22-29-11-9-8-10-24(29)3)33(39)23-38(43(5,41)42)31-14-12-30(13-15-31)35-19-26-16-27(20-35)18-28(17-26)21-35/h8-15,25-28,32H,6-7,16-23H2,1-5H3,(H,36,40). The van der Waals surface area contributed by atoms with Gasteiger partial charge in [-0.3, -0.25) is 13.9 Å². The Morgan fingerprint density at radius 3 is 2.02 bits per heavy atom. The van der Waals surface area contributed by atoms with Gasteiger partial charge in [0.25, 0.3) is 0 Å². The first-order valence-electron chi connectivity index (χ1n) is 16.1. The fourth-order valence-electron chi connectivity index (χ4n) is 8.39. The van der Waals surface area contributed by atoms with E-state index in [4.69, 9.17) is 0 Å². The Kier molecular flexibility index (Phi) is 9.26. The van der Waals surface area contributed by atoms with Crippen molar-refractivity contribution in [1.82, 2.24) is 10.2 Å². The van der Waals surface area contributed by atoms with Crippen molar-refractivity contribution in [2.45, 2.75) is 103 Å². The summed E-state index contributed by atoms with van der Waals surface area (Å²) in [5.41, 5.74) is 3.94. The molecular formula is C35H49N3O4S. The highest BCUT2D eigenvalue weighted by atomic mass is 32.2. The summed E-state index contributed by atoms with van der Waals surface area (Å²) in [6.07, 6.45) is 10.1. The molecule has 6 rings (SSSR count). The van der Waals surface area contributed by atoms with Gasteiger partial charge in [-0.15, -0.1) is 0 Å². The molecule has 2 aromatic rings. The number of sulfonamides is 1. The summed E-state index contributed by atoms with van der Waals surface area (Å²) in [6, 6.07) is 15.0.